The Balaban J connectivity index is 0.00000176. The van der Waals surface area contributed by atoms with Gasteiger partial charge >= 0.3 is 0 Å². The van der Waals surface area contributed by atoms with E-state index in [9.17, 15) is 9.59 Å². The van der Waals surface area contributed by atoms with Crippen LogP contribution in [0.4, 0.5) is 0 Å². The molecule has 0 aromatic carbocycles. The number of carbonyl (C=O) groups is 2. The molecule has 3 rings (SSSR count). The van der Waals surface area contributed by atoms with Crippen molar-refractivity contribution in [3.05, 3.63) is 0 Å². The summed E-state index contributed by atoms with van der Waals surface area (Å²) in [5.74, 6) is 0.447. The molecular weight excluding hydrogens is 306 g/mol. The highest BCUT2D eigenvalue weighted by Gasteiger charge is 2.46. The molecule has 2 aliphatic heterocycles. The molecule has 1 aliphatic carbocycles. The minimum absolute atomic E-state index is 0. The number of hydrogen-bond acceptors (Lipinski definition) is 4. The summed E-state index contributed by atoms with van der Waals surface area (Å²) in [4.78, 5) is 28.4. The summed E-state index contributed by atoms with van der Waals surface area (Å²) in [6.07, 6.45) is 2.98. The van der Waals surface area contributed by atoms with Crippen LogP contribution in [0.5, 0.6) is 0 Å². The van der Waals surface area contributed by atoms with Crippen LogP contribution in [0, 0.1) is 5.92 Å². The minimum Gasteiger partial charge on any atom is -0.378 e. The van der Waals surface area contributed by atoms with E-state index in [1.807, 2.05) is 16.7 Å². The number of amides is 2. The minimum atomic E-state index is 0. The molecule has 7 heteroatoms. The molecule has 2 amide bonds. The van der Waals surface area contributed by atoms with E-state index in [4.69, 9.17) is 4.74 Å². The summed E-state index contributed by atoms with van der Waals surface area (Å²) in [6.45, 7) is 6.20. The Kier molecular flexibility index (Phi) is 6.06. The zero-order valence-electron chi connectivity index (χ0n) is 13.1. The van der Waals surface area contributed by atoms with Gasteiger partial charge in [-0.25, -0.2) is 0 Å². The molecule has 22 heavy (non-hydrogen) atoms. The Morgan fingerprint density at radius 1 is 1.41 bits per heavy atom. The maximum atomic E-state index is 12.5. The van der Waals surface area contributed by atoms with Gasteiger partial charge in [0.15, 0.2) is 0 Å². The number of piperidine rings is 1. The second kappa shape index (κ2) is 7.62. The Hall–Kier alpha value is -0.850. The predicted molar refractivity (Wildman–Crippen MR) is 85.0 cm³/mol. The first-order valence-electron chi connectivity index (χ1n) is 8.11. The molecular formula is C15H26ClN3O3. The number of hydrogen-bond donors (Lipinski definition) is 1. The summed E-state index contributed by atoms with van der Waals surface area (Å²) in [5.41, 5.74) is 0. The molecule has 1 saturated carbocycles. The number of rotatable bonds is 4. The van der Waals surface area contributed by atoms with Gasteiger partial charge in [0.2, 0.25) is 11.8 Å². The van der Waals surface area contributed by atoms with Gasteiger partial charge < -0.3 is 19.9 Å². The second-order valence-corrected chi connectivity index (χ2v) is 6.18. The lowest BCUT2D eigenvalue weighted by molar-refractivity contribution is -0.141. The van der Waals surface area contributed by atoms with Gasteiger partial charge in [-0.1, -0.05) is 0 Å². The lowest BCUT2D eigenvalue weighted by Crippen LogP contribution is -2.57. The number of halogens is 1. The second-order valence-electron chi connectivity index (χ2n) is 6.18. The number of piperazine rings is 1. The Bertz CT molecular complexity index is 421. The number of likely N-dealkylation sites (tertiary alicyclic amines) is 1. The highest BCUT2D eigenvalue weighted by atomic mass is 35.5. The van der Waals surface area contributed by atoms with Gasteiger partial charge in [0.25, 0.3) is 0 Å². The van der Waals surface area contributed by atoms with Gasteiger partial charge in [0.05, 0.1) is 18.6 Å². The van der Waals surface area contributed by atoms with Crippen LogP contribution in [0.25, 0.3) is 0 Å². The SMILES string of the molecule is CCOC1CC1C(=O)N1CCCC(N2CCNCC2=O)C1.Cl. The Morgan fingerprint density at radius 2 is 2.23 bits per heavy atom. The molecule has 3 fully saturated rings. The maximum absolute atomic E-state index is 12.5. The molecule has 3 atom stereocenters. The largest absolute Gasteiger partial charge is 0.378 e. The van der Waals surface area contributed by atoms with E-state index in [1.165, 1.54) is 0 Å². The molecule has 1 N–H and O–H groups in total. The van der Waals surface area contributed by atoms with Crippen LogP contribution < -0.4 is 5.32 Å². The van der Waals surface area contributed by atoms with Gasteiger partial charge in [0, 0.05) is 38.8 Å². The number of nitrogens with one attached hydrogen (secondary N) is 1. The third-order valence-corrected chi connectivity index (χ3v) is 4.70. The standard InChI is InChI=1S/C15H25N3O3.ClH/c1-2-21-13-8-12(13)15(20)17-6-3-4-11(10-17)18-7-5-16-9-14(18)19;/h11-13,16H,2-10H2,1H3;1H. The highest BCUT2D eigenvalue weighted by molar-refractivity contribution is 5.85. The van der Waals surface area contributed by atoms with Crippen molar-refractivity contribution in [3.63, 3.8) is 0 Å². The fraction of sp³-hybridized carbons (Fsp3) is 0.867. The normalized spacial score (nSPS) is 31.7. The molecule has 3 aliphatic rings. The van der Waals surface area contributed by atoms with E-state index in [0.29, 0.717) is 19.7 Å². The van der Waals surface area contributed by atoms with E-state index in [0.717, 1.165) is 38.9 Å². The molecule has 2 heterocycles. The molecule has 0 bridgehead atoms. The van der Waals surface area contributed by atoms with Gasteiger partial charge in [-0.05, 0) is 26.2 Å². The smallest absolute Gasteiger partial charge is 0.236 e. The van der Waals surface area contributed by atoms with E-state index in [-0.39, 0.29) is 42.3 Å². The average molecular weight is 332 g/mol. The van der Waals surface area contributed by atoms with Crippen LogP contribution in [0.2, 0.25) is 0 Å². The fourth-order valence-corrected chi connectivity index (χ4v) is 3.48. The van der Waals surface area contributed by atoms with Gasteiger partial charge in [-0.3, -0.25) is 9.59 Å². The van der Waals surface area contributed by atoms with Crippen molar-refractivity contribution >= 4 is 24.2 Å². The van der Waals surface area contributed by atoms with Crippen molar-refractivity contribution in [1.29, 1.82) is 0 Å². The average Bonchev–Trinajstić information content (AvgIpc) is 3.27. The predicted octanol–water partition coefficient (Wildman–Crippen LogP) is 0.256. The summed E-state index contributed by atoms with van der Waals surface area (Å²) in [5, 5.41) is 3.10. The molecule has 0 spiro atoms. The topological polar surface area (TPSA) is 61.9 Å². The molecule has 0 aromatic rings. The number of ether oxygens (including phenoxy) is 1. The van der Waals surface area contributed by atoms with Crippen molar-refractivity contribution in [1.82, 2.24) is 15.1 Å². The molecule has 0 aromatic heterocycles. The third kappa shape index (κ3) is 3.73. The first kappa shape index (κ1) is 17.5. The van der Waals surface area contributed by atoms with Crippen LogP contribution in [0.15, 0.2) is 0 Å². The monoisotopic (exact) mass is 331 g/mol. The first-order valence-corrected chi connectivity index (χ1v) is 8.11. The van der Waals surface area contributed by atoms with Crippen LogP contribution in [0.1, 0.15) is 26.2 Å². The van der Waals surface area contributed by atoms with E-state index >= 15 is 0 Å². The first-order chi connectivity index (χ1) is 10.2. The van der Waals surface area contributed by atoms with Gasteiger partial charge in [-0.2, -0.15) is 0 Å². The molecule has 6 nitrogen and oxygen atoms in total. The van der Waals surface area contributed by atoms with Gasteiger partial charge in [0.1, 0.15) is 0 Å². The molecule has 3 unspecified atom stereocenters. The maximum Gasteiger partial charge on any atom is 0.236 e. The van der Waals surface area contributed by atoms with E-state index in [1.54, 1.807) is 0 Å². The summed E-state index contributed by atoms with van der Waals surface area (Å²) < 4.78 is 5.52. The zero-order chi connectivity index (χ0) is 14.8. The molecule has 2 saturated heterocycles. The fourth-order valence-electron chi connectivity index (χ4n) is 3.48. The summed E-state index contributed by atoms with van der Waals surface area (Å²) in [7, 11) is 0. The van der Waals surface area contributed by atoms with Crippen molar-refractivity contribution in [2.75, 3.05) is 39.3 Å². The number of carbonyl (C=O) groups excluding carboxylic acids is 2. The van der Waals surface area contributed by atoms with E-state index in [2.05, 4.69) is 5.32 Å². The lowest BCUT2D eigenvalue weighted by Gasteiger charge is -2.41. The van der Waals surface area contributed by atoms with Crippen molar-refractivity contribution < 1.29 is 14.3 Å². The Morgan fingerprint density at radius 3 is 2.95 bits per heavy atom. The summed E-state index contributed by atoms with van der Waals surface area (Å²) >= 11 is 0. The molecule has 0 radical (unpaired) electrons. The highest BCUT2D eigenvalue weighted by Crippen LogP contribution is 2.36. The summed E-state index contributed by atoms with van der Waals surface area (Å²) in [6, 6.07) is 0.196. The van der Waals surface area contributed by atoms with Crippen molar-refractivity contribution in [2.24, 2.45) is 5.92 Å². The zero-order valence-corrected chi connectivity index (χ0v) is 13.9. The van der Waals surface area contributed by atoms with Crippen LogP contribution in [0.3, 0.4) is 0 Å². The van der Waals surface area contributed by atoms with Crippen LogP contribution in [-0.2, 0) is 14.3 Å². The van der Waals surface area contributed by atoms with Crippen molar-refractivity contribution in [3.8, 4) is 0 Å². The quantitative estimate of drug-likeness (QED) is 0.802. The number of nitrogens with zero attached hydrogens (tertiary/aromatic N) is 2. The van der Waals surface area contributed by atoms with Crippen LogP contribution >= 0.6 is 12.4 Å². The molecule has 126 valence electrons. The lowest BCUT2D eigenvalue weighted by atomic mass is 10.0. The Labute approximate surface area is 137 Å². The van der Waals surface area contributed by atoms with Gasteiger partial charge in [-0.15, -0.1) is 12.4 Å². The van der Waals surface area contributed by atoms with Crippen molar-refractivity contribution in [2.45, 2.75) is 38.3 Å². The van der Waals surface area contributed by atoms with E-state index < -0.39 is 0 Å². The van der Waals surface area contributed by atoms with Crippen LogP contribution in [-0.4, -0.2) is 73.1 Å². The third-order valence-electron chi connectivity index (χ3n) is 4.70.